The van der Waals surface area contributed by atoms with E-state index in [2.05, 4.69) is 0 Å². The molecule has 0 atom stereocenters. The highest BCUT2D eigenvalue weighted by molar-refractivity contribution is 6.45. The van der Waals surface area contributed by atoms with Crippen molar-refractivity contribution < 1.29 is 29.3 Å². The summed E-state index contributed by atoms with van der Waals surface area (Å²) in [5.41, 5.74) is 0.372. The van der Waals surface area contributed by atoms with E-state index in [4.69, 9.17) is 89.3 Å². The summed E-state index contributed by atoms with van der Waals surface area (Å²) in [5, 5.41) is 18.0. The molecule has 0 heterocycles. The molecule has 2 rings (SSSR count). The summed E-state index contributed by atoms with van der Waals surface area (Å²) >= 11 is 37.0. The first kappa shape index (κ1) is 24.0. The molecule has 2 N–H and O–H groups in total. The molecule has 0 spiro atoms. The summed E-state index contributed by atoms with van der Waals surface area (Å²) in [6.07, 6.45) is -0.151. The molecule has 0 unspecified atom stereocenters. The minimum Gasteiger partial charge on any atom is -0.480 e. The fourth-order valence-electron chi connectivity index (χ4n) is 2.33. The largest absolute Gasteiger partial charge is 0.480 e. The Kier molecular flexibility index (Phi) is 8.40. The van der Waals surface area contributed by atoms with Gasteiger partial charge in [0, 0.05) is 17.5 Å². The Labute approximate surface area is 194 Å². The van der Waals surface area contributed by atoms with Crippen LogP contribution in [0.4, 0.5) is 0 Å². The molecule has 0 saturated heterocycles. The number of carbonyl (C=O) groups is 2. The van der Waals surface area contributed by atoms with Crippen LogP contribution in [0.3, 0.4) is 0 Å². The summed E-state index contributed by atoms with van der Waals surface area (Å²) in [6, 6.07) is 2.58. The van der Waals surface area contributed by atoms with Gasteiger partial charge < -0.3 is 19.7 Å². The molecule has 0 fully saturated rings. The molecule has 0 aliphatic rings. The van der Waals surface area contributed by atoms with Gasteiger partial charge in [-0.2, -0.15) is 0 Å². The van der Waals surface area contributed by atoms with Crippen LogP contribution in [0.15, 0.2) is 12.1 Å². The minimum atomic E-state index is -1.24. The van der Waals surface area contributed by atoms with Crippen molar-refractivity contribution in [1.82, 2.24) is 0 Å². The van der Waals surface area contributed by atoms with Crippen molar-refractivity contribution in [2.45, 2.75) is 6.42 Å². The van der Waals surface area contributed by atoms with E-state index in [1.54, 1.807) is 0 Å². The van der Waals surface area contributed by atoms with Gasteiger partial charge in [-0.05, 0) is 12.1 Å². The molecule has 156 valence electrons. The van der Waals surface area contributed by atoms with Gasteiger partial charge in [-0.3, -0.25) is 0 Å². The van der Waals surface area contributed by atoms with Gasteiger partial charge in [-0.25, -0.2) is 9.59 Å². The smallest absolute Gasteiger partial charge is 0.341 e. The molecule has 0 aliphatic carbocycles. The van der Waals surface area contributed by atoms with Crippen molar-refractivity contribution in [2.24, 2.45) is 0 Å². The molecule has 0 aliphatic heterocycles. The second kappa shape index (κ2) is 10.2. The van der Waals surface area contributed by atoms with E-state index in [-0.39, 0.29) is 59.2 Å². The van der Waals surface area contributed by atoms with E-state index in [1.807, 2.05) is 0 Å². The topological polar surface area (TPSA) is 93.1 Å². The number of benzene rings is 2. The molecule has 2 aromatic rings. The van der Waals surface area contributed by atoms with Gasteiger partial charge in [0.05, 0.1) is 30.1 Å². The van der Waals surface area contributed by atoms with Crippen LogP contribution < -0.4 is 9.47 Å². The quantitative estimate of drug-likeness (QED) is 0.405. The van der Waals surface area contributed by atoms with Gasteiger partial charge in [0.15, 0.2) is 13.2 Å². The number of carboxylic acids is 2. The molecule has 29 heavy (non-hydrogen) atoms. The first-order chi connectivity index (χ1) is 13.5. The summed E-state index contributed by atoms with van der Waals surface area (Å²) in [6.45, 7) is -1.39. The lowest BCUT2D eigenvalue weighted by molar-refractivity contribution is -0.140. The average molecular weight is 523 g/mol. The van der Waals surface area contributed by atoms with Crippen molar-refractivity contribution in [3.8, 4) is 11.5 Å². The Balaban J connectivity index is 2.63. The van der Waals surface area contributed by atoms with Crippen LogP contribution in [0.2, 0.25) is 30.1 Å². The number of hydrogen-bond donors (Lipinski definition) is 2. The maximum atomic E-state index is 10.9. The van der Waals surface area contributed by atoms with E-state index >= 15 is 0 Å². The minimum absolute atomic E-state index is 0.00732. The van der Waals surface area contributed by atoms with E-state index in [0.29, 0.717) is 0 Å². The summed E-state index contributed by atoms with van der Waals surface area (Å²) in [5.74, 6) is -2.57. The van der Waals surface area contributed by atoms with Crippen LogP contribution in [0, 0.1) is 0 Å². The highest BCUT2D eigenvalue weighted by Crippen LogP contribution is 2.45. The fraction of sp³-hybridized carbons (Fsp3) is 0.176. The molecule has 0 aromatic heterocycles. The van der Waals surface area contributed by atoms with Gasteiger partial charge >= 0.3 is 11.9 Å². The summed E-state index contributed by atoms with van der Waals surface area (Å²) < 4.78 is 10.5. The maximum absolute atomic E-state index is 10.9. The molecule has 2 aromatic carbocycles. The van der Waals surface area contributed by atoms with Crippen LogP contribution in [0.1, 0.15) is 11.1 Å². The van der Waals surface area contributed by atoms with Crippen LogP contribution in [0.25, 0.3) is 0 Å². The Morgan fingerprint density at radius 2 is 1.03 bits per heavy atom. The van der Waals surface area contributed by atoms with E-state index in [0.717, 1.165) is 0 Å². The molecule has 6 nitrogen and oxygen atoms in total. The number of carboxylic acid groups (broad SMARTS) is 2. The zero-order chi connectivity index (χ0) is 21.9. The van der Waals surface area contributed by atoms with E-state index < -0.39 is 25.2 Å². The van der Waals surface area contributed by atoms with Crippen molar-refractivity contribution in [1.29, 1.82) is 0 Å². The van der Waals surface area contributed by atoms with E-state index in [9.17, 15) is 9.59 Å². The van der Waals surface area contributed by atoms with Crippen LogP contribution in [0.5, 0.6) is 11.5 Å². The maximum Gasteiger partial charge on any atom is 0.341 e. The number of ether oxygens (including phenoxy) is 2. The predicted molar refractivity (Wildman–Crippen MR) is 112 cm³/mol. The monoisotopic (exact) mass is 520 g/mol. The van der Waals surface area contributed by atoms with Gasteiger partial charge in [0.25, 0.3) is 0 Å². The Hall–Kier alpha value is -1.28. The molecule has 0 radical (unpaired) electrons. The van der Waals surface area contributed by atoms with Crippen LogP contribution in [-0.2, 0) is 16.0 Å². The lowest BCUT2D eigenvalue weighted by Gasteiger charge is -2.19. The Morgan fingerprint density at radius 3 is 1.34 bits per heavy atom. The highest BCUT2D eigenvalue weighted by atomic mass is 35.5. The molecule has 0 bridgehead atoms. The first-order valence-corrected chi connectivity index (χ1v) is 9.81. The number of halogens is 6. The third kappa shape index (κ3) is 5.87. The Bertz CT molecular complexity index is 900. The summed E-state index contributed by atoms with van der Waals surface area (Å²) in [7, 11) is 0. The second-order valence-electron chi connectivity index (χ2n) is 5.47. The van der Waals surface area contributed by atoms with Crippen molar-refractivity contribution in [3.05, 3.63) is 53.4 Å². The van der Waals surface area contributed by atoms with Crippen molar-refractivity contribution >= 4 is 81.5 Å². The van der Waals surface area contributed by atoms with Gasteiger partial charge in [-0.15, -0.1) is 0 Å². The lowest BCUT2D eigenvalue weighted by Crippen LogP contribution is -2.13. The SMILES string of the molecule is O=C(O)COc1c(Cl)cc(Cl)c(Cl)c1Cc1c(Cl)c(Cl)cc(Cl)c1OCC(=O)O. The molecule has 12 heteroatoms. The molecule has 0 amide bonds. The third-order valence-electron chi connectivity index (χ3n) is 3.47. The number of hydrogen-bond acceptors (Lipinski definition) is 4. The van der Waals surface area contributed by atoms with E-state index in [1.165, 1.54) is 12.1 Å². The van der Waals surface area contributed by atoms with Gasteiger partial charge in [0.1, 0.15) is 11.5 Å². The van der Waals surface area contributed by atoms with Crippen LogP contribution >= 0.6 is 69.6 Å². The fourth-order valence-corrected chi connectivity index (χ4v) is 3.86. The molecular formula is C17H10Cl6O6. The van der Waals surface area contributed by atoms with Crippen LogP contribution in [-0.4, -0.2) is 35.4 Å². The summed E-state index contributed by atoms with van der Waals surface area (Å²) in [4.78, 5) is 21.8. The number of aliphatic carboxylic acids is 2. The van der Waals surface area contributed by atoms with Crippen molar-refractivity contribution in [3.63, 3.8) is 0 Å². The van der Waals surface area contributed by atoms with Gasteiger partial charge in [-0.1, -0.05) is 69.6 Å². The Morgan fingerprint density at radius 1 is 0.690 bits per heavy atom. The molecular weight excluding hydrogens is 513 g/mol. The zero-order valence-corrected chi connectivity index (χ0v) is 18.6. The van der Waals surface area contributed by atoms with Crippen molar-refractivity contribution in [2.75, 3.05) is 13.2 Å². The normalized spacial score (nSPS) is 10.7. The third-order valence-corrected chi connectivity index (χ3v) is 5.69. The second-order valence-corrected chi connectivity index (χ2v) is 7.85. The molecule has 0 saturated carbocycles. The number of rotatable bonds is 8. The highest BCUT2D eigenvalue weighted by Gasteiger charge is 2.24. The standard InChI is InChI=1S/C17H10Cl6O6/c18-8-2-10(20)16(28-4-12(24)25)6(14(8)22)1-7-15(23)9(19)3-11(21)17(7)29-5-13(26)27/h2-3H,1,4-5H2,(H,24,25)(H,26,27). The first-order valence-electron chi connectivity index (χ1n) is 7.54. The average Bonchev–Trinajstić information content (AvgIpc) is 2.62. The van der Waals surface area contributed by atoms with Gasteiger partial charge in [0.2, 0.25) is 0 Å². The predicted octanol–water partition coefficient (Wildman–Crippen LogP) is 6.12. The lowest BCUT2D eigenvalue weighted by atomic mass is 10.0. The zero-order valence-electron chi connectivity index (χ0n) is 14.1.